The Labute approximate surface area is 181 Å². The Balaban J connectivity index is 1.53. The molecule has 0 aromatic heterocycles. The maximum Gasteiger partial charge on any atom is 0.0470 e. The molecule has 0 spiro atoms. The van der Waals surface area contributed by atoms with Crippen LogP contribution in [0, 0.1) is 0 Å². The molecule has 0 aliphatic carbocycles. The van der Waals surface area contributed by atoms with Crippen molar-refractivity contribution in [1.82, 2.24) is 0 Å². The van der Waals surface area contributed by atoms with Crippen LogP contribution in [-0.2, 0) is 0 Å². The second kappa shape index (κ2) is 8.06. The van der Waals surface area contributed by atoms with Crippen molar-refractivity contribution in [3.8, 4) is 22.3 Å². The SMILES string of the molecule is Clc1ccc(-c2ccc(Nc3ccc4ccccc4c3-c3ccccc3)cc2)cc1. The van der Waals surface area contributed by atoms with E-state index in [0.717, 1.165) is 22.0 Å². The van der Waals surface area contributed by atoms with Crippen molar-refractivity contribution >= 4 is 33.7 Å². The van der Waals surface area contributed by atoms with Crippen LogP contribution in [0.2, 0.25) is 5.02 Å². The normalized spacial score (nSPS) is 10.8. The molecule has 0 fully saturated rings. The molecule has 0 saturated carbocycles. The number of anilines is 2. The molecular formula is C28H20ClN. The van der Waals surface area contributed by atoms with E-state index in [2.05, 4.69) is 96.3 Å². The molecule has 30 heavy (non-hydrogen) atoms. The van der Waals surface area contributed by atoms with Crippen LogP contribution in [0.1, 0.15) is 0 Å². The highest BCUT2D eigenvalue weighted by Crippen LogP contribution is 2.37. The zero-order chi connectivity index (χ0) is 20.3. The summed E-state index contributed by atoms with van der Waals surface area (Å²) in [6.07, 6.45) is 0. The second-order valence-corrected chi connectivity index (χ2v) is 7.72. The van der Waals surface area contributed by atoms with Gasteiger partial charge in [0.2, 0.25) is 0 Å². The predicted octanol–water partition coefficient (Wildman–Crippen LogP) is 8.57. The van der Waals surface area contributed by atoms with Gasteiger partial charge in [0.25, 0.3) is 0 Å². The van der Waals surface area contributed by atoms with Gasteiger partial charge >= 0.3 is 0 Å². The van der Waals surface area contributed by atoms with Gasteiger partial charge in [-0.25, -0.2) is 0 Å². The number of hydrogen-bond donors (Lipinski definition) is 1. The van der Waals surface area contributed by atoms with E-state index in [-0.39, 0.29) is 0 Å². The molecule has 0 amide bonds. The van der Waals surface area contributed by atoms with E-state index in [4.69, 9.17) is 11.6 Å². The van der Waals surface area contributed by atoms with Crippen molar-refractivity contribution in [1.29, 1.82) is 0 Å². The molecule has 0 atom stereocenters. The zero-order valence-corrected chi connectivity index (χ0v) is 17.1. The molecule has 144 valence electrons. The van der Waals surface area contributed by atoms with Crippen LogP contribution >= 0.6 is 11.6 Å². The van der Waals surface area contributed by atoms with Gasteiger partial charge in [-0.3, -0.25) is 0 Å². The lowest BCUT2D eigenvalue weighted by Gasteiger charge is -2.16. The third-order valence-electron chi connectivity index (χ3n) is 5.33. The largest absolute Gasteiger partial charge is 0.355 e. The minimum absolute atomic E-state index is 0.752. The van der Waals surface area contributed by atoms with Crippen molar-refractivity contribution in [2.24, 2.45) is 0 Å². The van der Waals surface area contributed by atoms with E-state index in [9.17, 15) is 0 Å². The first-order valence-corrected chi connectivity index (χ1v) is 10.4. The van der Waals surface area contributed by atoms with Gasteiger partial charge in [-0.05, 0) is 57.8 Å². The van der Waals surface area contributed by atoms with Crippen molar-refractivity contribution in [3.05, 3.63) is 120 Å². The topological polar surface area (TPSA) is 12.0 Å². The van der Waals surface area contributed by atoms with Gasteiger partial charge < -0.3 is 5.32 Å². The highest BCUT2D eigenvalue weighted by molar-refractivity contribution is 6.30. The van der Waals surface area contributed by atoms with E-state index in [1.165, 1.54) is 27.5 Å². The quantitative estimate of drug-likeness (QED) is 0.315. The van der Waals surface area contributed by atoms with E-state index >= 15 is 0 Å². The molecule has 5 rings (SSSR count). The van der Waals surface area contributed by atoms with Crippen LogP contribution in [0.5, 0.6) is 0 Å². The molecule has 5 aromatic rings. The summed E-state index contributed by atoms with van der Waals surface area (Å²) in [6, 6.07) is 39.8. The van der Waals surface area contributed by atoms with Gasteiger partial charge in [-0.1, -0.05) is 96.5 Å². The van der Waals surface area contributed by atoms with Crippen LogP contribution < -0.4 is 5.32 Å². The van der Waals surface area contributed by atoms with E-state index < -0.39 is 0 Å². The molecule has 0 bridgehead atoms. The Morgan fingerprint density at radius 1 is 0.500 bits per heavy atom. The number of nitrogens with one attached hydrogen (secondary N) is 1. The van der Waals surface area contributed by atoms with Crippen LogP contribution in [0.4, 0.5) is 11.4 Å². The fourth-order valence-corrected chi connectivity index (χ4v) is 3.96. The summed E-state index contributed by atoms with van der Waals surface area (Å²) in [7, 11) is 0. The summed E-state index contributed by atoms with van der Waals surface area (Å²) in [5.74, 6) is 0. The third-order valence-corrected chi connectivity index (χ3v) is 5.58. The molecule has 5 aromatic carbocycles. The average molecular weight is 406 g/mol. The summed E-state index contributed by atoms with van der Waals surface area (Å²) < 4.78 is 0. The van der Waals surface area contributed by atoms with Crippen LogP contribution in [-0.4, -0.2) is 0 Å². The molecule has 1 N–H and O–H groups in total. The summed E-state index contributed by atoms with van der Waals surface area (Å²) >= 11 is 6.01. The fraction of sp³-hybridized carbons (Fsp3) is 0. The standard InChI is InChI=1S/C28H20ClN/c29-24-15-10-20(11-16-24)21-12-17-25(18-13-21)30-27-19-14-22-6-4-5-9-26(22)28(27)23-7-2-1-3-8-23/h1-19,30H. The monoisotopic (exact) mass is 405 g/mol. The third kappa shape index (κ3) is 3.68. The van der Waals surface area contributed by atoms with Gasteiger partial charge in [-0.2, -0.15) is 0 Å². The highest BCUT2D eigenvalue weighted by Gasteiger charge is 2.10. The minimum atomic E-state index is 0.752. The molecule has 0 radical (unpaired) electrons. The van der Waals surface area contributed by atoms with E-state index in [0.29, 0.717) is 0 Å². The van der Waals surface area contributed by atoms with Crippen LogP contribution in [0.15, 0.2) is 115 Å². The molecule has 2 heteroatoms. The molecule has 0 aliphatic rings. The summed E-state index contributed by atoms with van der Waals surface area (Å²) in [5, 5.41) is 6.86. The first-order valence-electron chi connectivity index (χ1n) is 9.98. The second-order valence-electron chi connectivity index (χ2n) is 7.28. The zero-order valence-electron chi connectivity index (χ0n) is 16.3. The van der Waals surface area contributed by atoms with Gasteiger partial charge in [0.05, 0.1) is 0 Å². The maximum atomic E-state index is 6.01. The summed E-state index contributed by atoms with van der Waals surface area (Å²) in [6.45, 7) is 0. The predicted molar refractivity (Wildman–Crippen MR) is 130 cm³/mol. The van der Waals surface area contributed by atoms with Crippen LogP contribution in [0.25, 0.3) is 33.0 Å². The number of hydrogen-bond acceptors (Lipinski definition) is 1. The first kappa shape index (κ1) is 18.5. The van der Waals surface area contributed by atoms with Crippen molar-refractivity contribution in [2.75, 3.05) is 5.32 Å². The van der Waals surface area contributed by atoms with Crippen molar-refractivity contribution in [2.45, 2.75) is 0 Å². The first-order chi connectivity index (χ1) is 14.8. The Morgan fingerprint density at radius 3 is 1.87 bits per heavy atom. The van der Waals surface area contributed by atoms with Gasteiger partial charge in [0.15, 0.2) is 0 Å². The number of halogens is 1. The summed E-state index contributed by atoms with van der Waals surface area (Å²) in [5.41, 5.74) is 6.89. The maximum absolute atomic E-state index is 6.01. The van der Waals surface area contributed by atoms with Gasteiger partial charge in [0, 0.05) is 22.0 Å². The molecular weight excluding hydrogens is 386 g/mol. The van der Waals surface area contributed by atoms with Gasteiger partial charge in [-0.15, -0.1) is 0 Å². The Hall–Kier alpha value is -3.55. The molecule has 0 aliphatic heterocycles. The van der Waals surface area contributed by atoms with Crippen LogP contribution in [0.3, 0.4) is 0 Å². The Morgan fingerprint density at radius 2 is 1.13 bits per heavy atom. The van der Waals surface area contributed by atoms with Crippen molar-refractivity contribution in [3.63, 3.8) is 0 Å². The molecule has 0 unspecified atom stereocenters. The molecule has 0 heterocycles. The number of rotatable bonds is 4. The average Bonchev–Trinajstić information content (AvgIpc) is 2.80. The lowest BCUT2D eigenvalue weighted by atomic mass is 9.96. The smallest absolute Gasteiger partial charge is 0.0470 e. The van der Waals surface area contributed by atoms with Gasteiger partial charge in [0.1, 0.15) is 0 Å². The number of fused-ring (bicyclic) bond motifs is 1. The van der Waals surface area contributed by atoms with Crippen molar-refractivity contribution < 1.29 is 0 Å². The lowest BCUT2D eigenvalue weighted by molar-refractivity contribution is 1.54. The summed E-state index contributed by atoms with van der Waals surface area (Å²) in [4.78, 5) is 0. The van der Waals surface area contributed by atoms with E-state index in [1.807, 2.05) is 24.3 Å². The number of benzene rings is 5. The van der Waals surface area contributed by atoms with E-state index in [1.54, 1.807) is 0 Å². The fourth-order valence-electron chi connectivity index (χ4n) is 3.84. The Kier molecular flexibility index (Phi) is 4.96. The molecule has 0 saturated heterocycles. The minimum Gasteiger partial charge on any atom is -0.355 e. The Bertz CT molecular complexity index is 1290. The lowest BCUT2D eigenvalue weighted by Crippen LogP contribution is -1.94. The highest BCUT2D eigenvalue weighted by atomic mass is 35.5. The molecule has 1 nitrogen and oxygen atoms in total.